The van der Waals surface area contributed by atoms with Crippen LogP contribution in [0.25, 0.3) is 22.0 Å². The van der Waals surface area contributed by atoms with Gasteiger partial charge in [0.1, 0.15) is 0 Å². The van der Waals surface area contributed by atoms with Crippen LogP contribution in [0, 0.1) is 0 Å². The first-order valence-corrected chi connectivity index (χ1v) is 8.37. The molecule has 0 radical (unpaired) electrons. The minimum atomic E-state index is -0.0312. The zero-order chi connectivity index (χ0) is 16.5. The van der Waals surface area contributed by atoms with Crippen molar-refractivity contribution in [1.29, 1.82) is 0 Å². The van der Waals surface area contributed by atoms with E-state index in [1.54, 1.807) is 0 Å². The van der Waals surface area contributed by atoms with Crippen LogP contribution in [-0.4, -0.2) is 43.1 Å². The van der Waals surface area contributed by atoms with Gasteiger partial charge in [0.05, 0.1) is 0 Å². The number of fused-ring (bicyclic) bond motifs is 1. The molecule has 2 aromatic carbocycles. The lowest BCUT2D eigenvalue weighted by molar-refractivity contribution is 0.313. The highest BCUT2D eigenvalue weighted by molar-refractivity contribution is 5.88. The van der Waals surface area contributed by atoms with Gasteiger partial charge in [-0.15, -0.1) is 0 Å². The molecule has 1 aromatic heterocycles. The Bertz CT molecular complexity index is 909. The van der Waals surface area contributed by atoms with E-state index in [1.807, 2.05) is 36.4 Å². The van der Waals surface area contributed by atoms with Crippen molar-refractivity contribution in [2.45, 2.75) is 0 Å². The van der Waals surface area contributed by atoms with Crippen molar-refractivity contribution in [1.82, 2.24) is 9.88 Å². The van der Waals surface area contributed by atoms with Gasteiger partial charge in [-0.05, 0) is 42.3 Å². The number of piperazine rings is 1. The van der Waals surface area contributed by atoms with E-state index in [0.717, 1.165) is 48.2 Å². The fourth-order valence-corrected chi connectivity index (χ4v) is 3.29. The van der Waals surface area contributed by atoms with E-state index in [-0.39, 0.29) is 5.56 Å². The molecule has 4 rings (SSSR count). The van der Waals surface area contributed by atoms with Crippen LogP contribution in [0.2, 0.25) is 0 Å². The van der Waals surface area contributed by atoms with Crippen LogP contribution >= 0.6 is 0 Å². The molecule has 4 nitrogen and oxygen atoms in total. The smallest absolute Gasteiger partial charge is 0.256 e. The number of hydrogen-bond donors (Lipinski definition) is 1. The third-order valence-electron chi connectivity index (χ3n) is 4.78. The first-order chi connectivity index (χ1) is 11.7. The number of anilines is 1. The van der Waals surface area contributed by atoms with E-state index in [0.29, 0.717) is 0 Å². The van der Waals surface area contributed by atoms with Gasteiger partial charge in [0.2, 0.25) is 0 Å². The molecule has 2 heterocycles. The van der Waals surface area contributed by atoms with Crippen LogP contribution in [0.4, 0.5) is 5.69 Å². The van der Waals surface area contributed by atoms with Crippen molar-refractivity contribution < 1.29 is 0 Å². The Balaban J connectivity index is 1.76. The maximum Gasteiger partial charge on any atom is 0.256 e. The minimum absolute atomic E-state index is 0.0312. The number of rotatable bonds is 2. The number of nitrogens with one attached hydrogen (secondary N) is 1. The summed E-state index contributed by atoms with van der Waals surface area (Å²) in [4.78, 5) is 20.2. The monoisotopic (exact) mass is 319 g/mol. The van der Waals surface area contributed by atoms with Crippen molar-refractivity contribution >= 4 is 16.5 Å². The SMILES string of the molecule is CN1CCN(c2ccc3c(=O)[nH]c(-c4ccccc4)cc3c2)CC1. The van der Waals surface area contributed by atoms with Gasteiger partial charge >= 0.3 is 0 Å². The Hall–Kier alpha value is -2.59. The molecule has 0 saturated carbocycles. The summed E-state index contributed by atoms with van der Waals surface area (Å²) < 4.78 is 0. The highest BCUT2D eigenvalue weighted by atomic mass is 16.1. The van der Waals surface area contributed by atoms with Crippen molar-refractivity contribution in [2.24, 2.45) is 0 Å². The normalized spacial score (nSPS) is 15.8. The molecule has 1 fully saturated rings. The predicted molar refractivity (Wildman–Crippen MR) is 99.7 cm³/mol. The molecule has 1 N–H and O–H groups in total. The largest absolute Gasteiger partial charge is 0.369 e. The van der Waals surface area contributed by atoms with Gasteiger partial charge < -0.3 is 14.8 Å². The average Bonchev–Trinajstić information content (AvgIpc) is 2.62. The summed E-state index contributed by atoms with van der Waals surface area (Å²) in [6.45, 7) is 4.19. The third-order valence-corrected chi connectivity index (χ3v) is 4.78. The zero-order valence-corrected chi connectivity index (χ0v) is 13.8. The van der Waals surface area contributed by atoms with Gasteiger partial charge in [-0.25, -0.2) is 0 Å². The molecule has 0 unspecified atom stereocenters. The van der Waals surface area contributed by atoms with Gasteiger partial charge in [0.15, 0.2) is 0 Å². The van der Waals surface area contributed by atoms with Crippen molar-refractivity contribution in [3.05, 3.63) is 65.0 Å². The molecule has 0 amide bonds. The van der Waals surface area contributed by atoms with Crippen LogP contribution in [0.15, 0.2) is 59.4 Å². The molecule has 1 saturated heterocycles. The summed E-state index contributed by atoms with van der Waals surface area (Å²) in [6, 6.07) is 18.2. The number of likely N-dealkylation sites (N-methyl/N-ethyl adjacent to an activating group) is 1. The molecular formula is C20H21N3O. The number of hydrogen-bond acceptors (Lipinski definition) is 3. The standard InChI is InChI=1S/C20H21N3O/c1-22-9-11-23(12-10-22)17-7-8-18-16(13-17)14-19(21-20(18)24)15-5-3-2-4-6-15/h2-8,13-14H,9-12H2,1H3,(H,21,24). The Morgan fingerprint density at radius 1 is 0.917 bits per heavy atom. The number of aromatic nitrogens is 1. The number of pyridine rings is 1. The molecule has 4 heteroatoms. The highest BCUT2D eigenvalue weighted by Gasteiger charge is 2.15. The molecule has 0 bridgehead atoms. The molecular weight excluding hydrogens is 298 g/mol. The van der Waals surface area contributed by atoms with Gasteiger partial charge in [-0.3, -0.25) is 4.79 Å². The van der Waals surface area contributed by atoms with E-state index in [4.69, 9.17) is 0 Å². The summed E-state index contributed by atoms with van der Waals surface area (Å²) >= 11 is 0. The second kappa shape index (κ2) is 6.13. The van der Waals surface area contributed by atoms with Crippen molar-refractivity contribution in [2.75, 3.05) is 38.1 Å². The second-order valence-electron chi connectivity index (χ2n) is 6.44. The van der Waals surface area contributed by atoms with Gasteiger partial charge in [-0.2, -0.15) is 0 Å². The van der Waals surface area contributed by atoms with E-state index in [2.05, 4.69) is 40.0 Å². The molecule has 1 aliphatic heterocycles. The van der Waals surface area contributed by atoms with E-state index in [9.17, 15) is 4.79 Å². The number of nitrogens with zero attached hydrogens (tertiary/aromatic N) is 2. The Labute approximate surface area is 141 Å². The third kappa shape index (κ3) is 2.81. The van der Waals surface area contributed by atoms with Crippen LogP contribution < -0.4 is 10.5 Å². The van der Waals surface area contributed by atoms with E-state index in [1.165, 1.54) is 5.69 Å². The highest BCUT2D eigenvalue weighted by Crippen LogP contribution is 2.24. The molecule has 122 valence electrons. The van der Waals surface area contributed by atoms with E-state index >= 15 is 0 Å². The van der Waals surface area contributed by atoms with Crippen molar-refractivity contribution in [3.8, 4) is 11.3 Å². The van der Waals surface area contributed by atoms with Gasteiger partial charge in [-0.1, -0.05) is 30.3 Å². The zero-order valence-electron chi connectivity index (χ0n) is 13.8. The maximum absolute atomic E-state index is 12.4. The molecule has 1 aliphatic rings. The Morgan fingerprint density at radius 3 is 2.42 bits per heavy atom. The topological polar surface area (TPSA) is 39.3 Å². The maximum atomic E-state index is 12.4. The molecule has 0 spiro atoms. The lowest BCUT2D eigenvalue weighted by Crippen LogP contribution is -2.44. The Kier molecular flexibility index (Phi) is 3.82. The quantitative estimate of drug-likeness (QED) is 0.789. The van der Waals surface area contributed by atoms with Crippen LogP contribution in [-0.2, 0) is 0 Å². The Morgan fingerprint density at radius 2 is 1.67 bits per heavy atom. The summed E-state index contributed by atoms with van der Waals surface area (Å²) in [7, 11) is 2.16. The number of H-pyrrole nitrogens is 1. The average molecular weight is 319 g/mol. The fourth-order valence-electron chi connectivity index (χ4n) is 3.29. The minimum Gasteiger partial charge on any atom is -0.369 e. The summed E-state index contributed by atoms with van der Waals surface area (Å²) in [5, 5.41) is 1.74. The van der Waals surface area contributed by atoms with Gasteiger partial charge in [0, 0.05) is 42.9 Å². The lowest BCUT2D eigenvalue weighted by Gasteiger charge is -2.34. The van der Waals surface area contributed by atoms with Crippen LogP contribution in [0.1, 0.15) is 0 Å². The molecule has 24 heavy (non-hydrogen) atoms. The molecule has 0 atom stereocenters. The first-order valence-electron chi connectivity index (χ1n) is 8.37. The first kappa shape index (κ1) is 15.0. The lowest BCUT2D eigenvalue weighted by atomic mass is 10.1. The number of benzene rings is 2. The van der Waals surface area contributed by atoms with Gasteiger partial charge in [0.25, 0.3) is 5.56 Å². The summed E-state index contributed by atoms with van der Waals surface area (Å²) in [5.74, 6) is 0. The van der Waals surface area contributed by atoms with Crippen LogP contribution in [0.3, 0.4) is 0 Å². The summed E-state index contributed by atoms with van der Waals surface area (Å²) in [5.41, 5.74) is 3.06. The summed E-state index contributed by atoms with van der Waals surface area (Å²) in [6.07, 6.45) is 0. The fraction of sp³-hybridized carbons (Fsp3) is 0.250. The van der Waals surface area contributed by atoms with Crippen molar-refractivity contribution in [3.63, 3.8) is 0 Å². The number of aromatic amines is 1. The van der Waals surface area contributed by atoms with Crippen LogP contribution in [0.5, 0.6) is 0 Å². The molecule has 3 aromatic rings. The predicted octanol–water partition coefficient (Wildman–Crippen LogP) is 2.95. The van der Waals surface area contributed by atoms with E-state index < -0.39 is 0 Å². The molecule has 0 aliphatic carbocycles. The second-order valence-corrected chi connectivity index (χ2v) is 6.44.